The van der Waals surface area contributed by atoms with Crippen molar-refractivity contribution in [2.24, 2.45) is 4.99 Å². The van der Waals surface area contributed by atoms with Crippen molar-refractivity contribution in [3.63, 3.8) is 0 Å². The predicted octanol–water partition coefficient (Wildman–Crippen LogP) is 2.93. The van der Waals surface area contributed by atoms with Crippen molar-refractivity contribution in [1.29, 1.82) is 0 Å². The molecule has 0 amide bonds. The zero-order valence-electron chi connectivity index (χ0n) is 14.4. The third kappa shape index (κ3) is 5.74. The number of aliphatic imine (C=N–C) groups is 1. The van der Waals surface area contributed by atoms with Gasteiger partial charge in [0.15, 0.2) is 5.96 Å². The van der Waals surface area contributed by atoms with E-state index in [0.29, 0.717) is 5.54 Å². The van der Waals surface area contributed by atoms with Crippen LogP contribution in [-0.4, -0.2) is 61.6 Å². The molecule has 1 aliphatic carbocycles. The summed E-state index contributed by atoms with van der Waals surface area (Å²) >= 11 is 2.09. The van der Waals surface area contributed by atoms with Crippen LogP contribution in [0.25, 0.3) is 0 Å². The zero-order valence-corrected chi connectivity index (χ0v) is 17.5. The van der Waals surface area contributed by atoms with E-state index in [1.54, 1.807) is 0 Å². The number of hydrogen-bond donors (Lipinski definition) is 2. The third-order valence-corrected chi connectivity index (χ3v) is 6.46. The largest absolute Gasteiger partial charge is 0.355 e. The fourth-order valence-electron chi connectivity index (χ4n) is 3.48. The fourth-order valence-corrected chi connectivity index (χ4v) is 4.68. The minimum Gasteiger partial charge on any atom is -0.355 e. The van der Waals surface area contributed by atoms with Crippen molar-refractivity contribution in [2.45, 2.75) is 55.7 Å². The molecule has 130 valence electrons. The van der Waals surface area contributed by atoms with Crippen LogP contribution in [0.3, 0.4) is 0 Å². The standard InChI is InChI=1S/C16H32N4S.HI/c1-17-15(18-12-14-8-7-11-21-14)19-13-16(20(2)3)9-5-4-6-10-16;/h14H,4-13H2,1-3H3,(H2,17,18,19);1H. The Labute approximate surface area is 157 Å². The molecule has 6 heteroatoms. The van der Waals surface area contributed by atoms with E-state index in [9.17, 15) is 0 Å². The van der Waals surface area contributed by atoms with Gasteiger partial charge in [0.2, 0.25) is 0 Å². The van der Waals surface area contributed by atoms with Gasteiger partial charge in [-0.1, -0.05) is 19.3 Å². The number of nitrogens with zero attached hydrogens (tertiary/aromatic N) is 2. The van der Waals surface area contributed by atoms with Gasteiger partial charge in [-0.2, -0.15) is 11.8 Å². The number of nitrogens with one attached hydrogen (secondary N) is 2. The van der Waals surface area contributed by atoms with E-state index in [1.807, 2.05) is 7.05 Å². The van der Waals surface area contributed by atoms with Crippen molar-refractivity contribution in [3.05, 3.63) is 0 Å². The molecule has 2 fully saturated rings. The summed E-state index contributed by atoms with van der Waals surface area (Å²) in [5, 5.41) is 7.84. The van der Waals surface area contributed by atoms with Crippen LogP contribution < -0.4 is 10.6 Å². The van der Waals surface area contributed by atoms with E-state index in [0.717, 1.165) is 24.3 Å². The highest BCUT2D eigenvalue weighted by Crippen LogP contribution is 2.31. The molecule has 0 aromatic heterocycles. The lowest BCUT2D eigenvalue weighted by Gasteiger charge is -2.43. The fraction of sp³-hybridized carbons (Fsp3) is 0.938. The monoisotopic (exact) mass is 440 g/mol. The summed E-state index contributed by atoms with van der Waals surface area (Å²) in [6.07, 6.45) is 9.39. The van der Waals surface area contributed by atoms with E-state index in [1.165, 1.54) is 50.7 Å². The maximum atomic E-state index is 4.39. The average Bonchev–Trinajstić information content (AvgIpc) is 3.01. The quantitative estimate of drug-likeness (QED) is 0.392. The Morgan fingerprint density at radius 1 is 1.18 bits per heavy atom. The van der Waals surface area contributed by atoms with Crippen LogP contribution in [-0.2, 0) is 0 Å². The van der Waals surface area contributed by atoms with Crippen LogP contribution in [0, 0.1) is 0 Å². The first kappa shape index (κ1) is 20.4. The first-order chi connectivity index (χ1) is 10.2. The van der Waals surface area contributed by atoms with Crippen molar-refractivity contribution in [3.8, 4) is 0 Å². The van der Waals surface area contributed by atoms with Crippen LogP contribution in [0.5, 0.6) is 0 Å². The van der Waals surface area contributed by atoms with Crippen molar-refractivity contribution < 1.29 is 0 Å². The number of likely N-dealkylation sites (N-methyl/N-ethyl adjacent to an activating group) is 1. The van der Waals surface area contributed by atoms with Gasteiger partial charge in [0.25, 0.3) is 0 Å². The molecule has 0 aromatic rings. The molecule has 1 heterocycles. The Morgan fingerprint density at radius 2 is 1.91 bits per heavy atom. The van der Waals surface area contributed by atoms with Gasteiger partial charge in [-0.25, -0.2) is 0 Å². The summed E-state index contributed by atoms with van der Waals surface area (Å²) in [5.41, 5.74) is 0.304. The number of rotatable bonds is 5. The number of guanidine groups is 1. The van der Waals surface area contributed by atoms with Crippen LogP contribution in [0.15, 0.2) is 4.99 Å². The highest BCUT2D eigenvalue weighted by Gasteiger charge is 2.34. The topological polar surface area (TPSA) is 39.7 Å². The molecular formula is C16H33IN4S. The molecule has 1 saturated heterocycles. The lowest BCUT2D eigenvalue weighted by Crippen LogP contribution is -2.55. The first-order valence-electron chi connectivity index (χ1n) is 8.40. The van der Waals surface area contributed by atoms with Crippen LogP contribution in [0.1, 0.15) is 44.9 Å². The first-order valence-corrected chi connectivity index (χ1v) is 9.45. The smallest absolute Gasteiger partial charge is 0.191 e. The van der Waals surface area contributed by atoms with Crippen LogP contribution in [0.4, 0.5) is 0 Å². The molecule has 0 aromatic carbocycles. The minimum atomic E-state index is 0. The zero-order chi connectivity index (χ0) is 15.1. The van der Waals surface area contributed by atoms with Gasteiger partial charge in [-0.05, 0) is 45.5 Å². The lowest BCUT2D eigenvalue weighted by atomic mass is 9.80. The van der Waals surface area contributed by atoms with E-state index in [2.05, 4.69) is 46.4 Å². The van der Waals surface area contributed by atoms with E-state index < -0.39 is 0 Å². The second-order valence-electron chi connectivity index (χ2n) is 6.62. The average molecular weight is 440 g/mol. The van der Waals surface area contributed by atoms with Crippen molar-refractivity contribution in [1.82, 2.24) is 15.5 Å². The molecule has 1 atom stereocenters. The number of hydrogen-bond acceptors (Lipinski definition) is 3. The van der Waals surface area contributed by atoms with Gasteiger partial charge in [0.05, 0.1) is 0 Å². The summed E-state index contributed by atoms with van der Waals surface area (Å²) in [4.78, 5) is 6.81. The normalized spacial score (nSPS) is 24.9. The summed E-state index contributed by atoms with van der Waals surface area (Å²) < 4.78 is 0. The molecule has 22 heavy (non-hydrogen) atoms. The maximum Gasteiger partial charge on any atom is 0.191 e. The second-order valence-corrected chi connectivity index (χ2v) is 8.03. The number of halogens is 1. The Morgan fingerprint density at radius 3 is 2.45 bits per heavy atom. The van der Waals surface area contributed by atoms with E-state index in [4.69, 9.17) is 0 Å². The SMILES string of the molecule is CN=C(NCC1CCCS1)NCC1(N(C)C)CCCCC1.I. The van der Waals surface area contributed by atoms with Crippen LogP contribution in [0.2, 0.25) is 0 Å². The van der Waals surface area contributed by atoms with Gasteiger partial charge in [-0.3, -0.25) is 4.99 Å². The molecule has 2 rings (SSSR count). The molecule has 2 N–H and O–H groups in total. The molecule has 0 bridgehead atoms. The van der Waals surface area contributed by atoms with Gasteiger partial charge in [0, 0.05) is 30.9 Å². The predicted molar refractivity (Wildman–Crippen MR) is 110 cm³/mol. The molecule has 1 unspecified atom stereocenters. The molecule has 2 aliphatic rings. The van der Waals surface area contributed by atoms with Gasteiger partial charge in [0.1, 0.15) is 0 Å². The van der Waals surface area contributed by atoms with E-state index >= 15 is 0 Å². The van der Waals surface area contributed by atoms with Crippen molar-refractivity contribution >= 4 is 41.7 Å². The minimum absolute atomic E-state index is 0. The Balaban J connectivity index is 0.00000242. The third-order valence-electron chi connectivity index (χ3n) is 5.06. The van der Waals surface area contributed by atoms with Crippen LogP contribution >= 0.6 is 35.7 Å². The second kappa shape index (κ2) is 10.2. The van der Waals surface area contributed by atoms with Gasteiger partial charge >= 0.3 is 0 Å². The summed E-state index contributed by atoms with van der Waals surface area (Å²) in [6, 6.07) is 0. The summed E-state index contributed by atoms with van der Waals surface area (Å²) in [6.45, 7) is 2.04. The maximum absolute atomic E-state index is 4.39. The van der Waals surface area contributed by atoms with Gasteiger partial charge in [-0.15, -0.1) is 24.0 Å². The highest BCUT2D eigenvalue weighted by molar-refractivity contribution is 14.0. The molecule has 4 nitrogen and oxygen atoms in total. The van der Waals surface area contributed by atoms with Crippen molar-refractivity contribution in [2.75, 3.05) is 40.0 Å². The molecular weight excluding hydrogens is 407 g/mol. The molecule has 1 saturated carbocycles. The van der Waals surface area contributed by atoms with E-state index in [-0.39, 0.29) is 24.0 Å². The Bertz CT molecular complexity index is 337. The highest BCUT2D eigenvalue weighted by atomic mass is 127. The molecule has 0 spiro atoms. The number of thioether (sulfide) groups is 1. The Kier molecular flexibility index (Phi) is 9.47. The Hall–Kier alpha value is 0.310. The van der Waals surface area contributed by atoms with Gasteiger partial charge < -0.3 is 15.5 Å². The molecule has 0 radical (unpaired) electrons. The summed E-state index contributed by atoms with van der Waals surface area (Å²) in [7, 11) is 6.32. The lowest BCUT2D eigenvalue weighted by molar-refractivity contribution is 0.104. The summed E-state index contributed by atoms with van der Waals surface area (Å²) in [5.74, 6) is 2.29. The molecule has 1 aliphatic heterocycles.